The van der Waals surface area contributed by atoms with Crippen molar-refractivity contribution in [1.82, 2.24) is 4.98 Å². The second kappa shape index (κ2) is 4.81. The molecule has 4 heteroatoms. The Kier molecular flexibility index (Phi) is 2.99. The first-order chi connectivity index (χ1) is 9.69. The van der Waals surface area contributed by atoms with E-state index in [2.05, 4.69) is 4.98 Å². The molecule has 0 saturated heterocycles. The average molecular weight is 267 g/mol. The maximum absolute atomic E-state index is 12.1. The number of hydrogen-bond acceptors (Lipinski definition) is 4. The van der Waals surface area contributed by atoms with E-state index in [1.165, 1.54) is 0 Å². The van der Waals surface area contributed by atoms with E-state index in [1.54, 1.807) is 19.2 Å². The van der Waals surface area contributed by atoms with Gasteiger partial charge in [0.15, 0.2) is 0 Å². The Balaban J connectivity index is 2.19. The van der Waals surface area contributed by atoms with Gasteiger partial charge >= 0.3 is 5.63 Å². The normalized spacial score (nSPS) is 10.7. The number of methoxy groups -OCH3 is 1. The fourth-order valence-corrected chi connectivity index (χ4v) is 2.14. The first kappa shape index (κ1) is 12.4. The second-order valence-electron chi connectivity index (χ2n) is 4.50. The number of rotatable bonds is 2. The number of hydrogen-bond donors (Lipinski definition) is 0. The number of aromatic nitrogens is 1. The number of nitrogens with zero attached hydrogens (tertiary/aromatic N) is 1. The third-order valence-electron chi connectivity index (χ3n) is 3.20. The van der Waals surface area contributed by atoms with Crippen molar-refractivity contribution in [2.24, 2.45) is 0 Å². The molecule has 20 heavy (non-hydrogen) atoms. The molecular weight excluding hydrogens is 254 g/mol. The van der Waals surface area contributed by atoms with E-state index in [0.29, 0.717) is 16.8 Å². The molecule has 0 atom stereocenters. The molecule has 0 amide bonds. The summed E-state index contributed by atoms with van der Waals surface area (Å²) in [5, 5.41) is 0.532. The smallest absolute Gasteiger partial charge is 0.347 e. The molecule has 0 aliphatic heterocycles. The van der Waals surface area contributed by atoms with Gasteiger partial charge < -0.3 is 9.15 Å². The largest absolute Gasteiger partial charge is 0.497 e. The first-order valence-corrected chi connectivity index (χ1v) is 6.24. The van der Waals surface area contributed by atoms with Crippen LogP contribution in [-0.4, -0.2) is 12.1 Å². The SMILES string of the molecule is COc1ccc(-c2nc3cccc(C)c3c(=O)o2)cc1. The highest BCUT2D eigenvalue weighted by atomic mass is 16.5. The number of aryl methyl sites for hydroxylation is 1. The van der Waals surface area contributed by atoms with Crippen molar-refractivity contribution in [2.75, 3.05) is 7.11 Å². The maximum atomic E-state index is 12.1. The monoisotopic (exact) mass is 267 g/mol. The molecule has 1 aromatic heterocycles. The van der Waals surface area contributed by atoms with Crippen LogP contribution < -0.4 is 10.4 Å². The maximum Gasteiger partial charge on any atom is 0.347 e. The summed E-state index contributed by atoms with van der Waals surface area (Å²) in [6, 6.07) is 12.8. The highest BCUT2D eigenvalue weighted by Crippen LogP contribution is 2.22. The zero-order valence-corrected chi connectivity index (χ0v) is 11.2. The molecule has 100 valence electrons. The number of benzene rings is 2. The number of fused-ring (bicyclic) bond motifs is 1. The zero-order valence-electron chi connectivity index (χ0n) is 11.2. The molecule has 0 bridgehead atoms. The lowest BCUT2D eigenvalue weighted by molar-refractivity contribution is 0.415. The van der Waals surface area contributed by atoms with Crippen LogP contribution >= 0.6 is 0 Å². The fourth-order valence-electron chi connectivity index (χ4n) is 2.14. The highest BCUT2D eigenvalue weighted by Gasteiger charge is 2.10. The first-order valence-electron chi connectivity index (χ1n) is 6.24. The van der Waals surface area contributed by atoms with E-state index in [4.69, 9.17) is 9.15 Å². The summed E-state index contributed by atoms with van der Waals surface area (Å²) in [4.78, 5) is 16.5. The van der Waals surface area contributed by atoms with Crippen LogP contribution in [0.5, 0.6) is 5.75 Å². The quantitative estimate of drug-likeness (QED) is 0.715. The molecule has 4 nitrogen and oxygen atoms in total. The molecule has 0 aliphatic rings. The second-order valence-corrected chi connectivity index (χ2v) is 4.50. The van der Waals surface area contributed by atoms with Crippen LogP contribution in [0, 0.1) is 6.92 Å². The summed E-state index contributed by atoms with van der Waals surface area (Å²) in [6.07, 6.45) is 0. The lowest BCUT2D eigenvalue weighted by atomic mass is 10.1. The van der Waals surface area contributed by atoms with Crippen LogP contribution in [0.1, 0.15) is 5.56 Å². The van der Waals surface area contributed by atoms with Gasteiger partial charge in [0.05, 0.1) is 18.0 Å². The zero-order chi connectivity index (χ0) is 14.1. The lowest BCUT2D eigenvalue weighted by Gasteiger charge is -2.04. The van der Waals surface area contributed by atoms with E-state index in [-0.39, 0.29) is 5.63 Å². The summed E-state index contributed by atoms with van der Waals surface area (Å²) >= 11 is 0. The minimum absolute atomic E-state index is 0.316. The topological polar surface area (TPSA) is 52.3 Å². The van der Waals surface area contributed by atoms with Crippen molar-refractivity contribution >= 4 is 10.9 Å². The Labute approximate surface area is 115 Å². The van der Waals surface area contributed by atoms with E-state index in [1.807, 2.05) is 37.3 Å². The Hall–Kier alpha value is -2.62. The van der Waals surface area contributed by atoms with Gasteiger partial charge in [0.1, 0.15) is 5.75 Å². The van der Waals surface area contributed by atoms with Crippen molar-refractivity contribution in [1.29, 1.82) is 0 Å². The molecule has 1 heterocycles. The molecule has 0 spiro atoms. The lowest BCUT2D eigenvalue weighted by Crippen LogP contribution is -2.04. The van der Waals surface area contributed by atoms with Crippen LogP contribution in [0.2, 0.25) is 0 Å². The van der Waals surface area contributed by atoms with Gasteiger partial charge in [-0.1, -0.05) is 12.1 Å². The van der Waals surface area contributed by atoms with Crippen LogP contribution in [0.15, 0.2) is 51.7 Å². The third-order valence-corrected chi connectivity index (χ3v) is 3.20. The van der Waals surface area contributed by atoms with Gasteiger partial charge in [0.2, 0.25) is 5.89 Å². The average Bonchev–Trinajstić information content (AvgIpc) is 2.47. The molecule has 0 radical (unpaired) electrons. The molecule has 3 aromatic rings. The van der Waals surface area contributed by atoms with Gasteiger partial charge in [0, 0.05) is 5.56 Å². The molecule has 2 aromatic carbocycles. The van der Waals surface area contributed by atoms with Crippen molar-refractivity contribution in [2.45, 2.75) is 6.92 Å². The predicted octanol–water partition coefficient (Wildman–Crippen LogP) is 3.17. The van der Waals surface area contributed by atoms with Gasteiger partial charge in [-0.25, -0.2) is 9.78 Å². The van der Waals surface area contributed by atoms with Gasteiger partial charge in [-0.05, 0) is 42.8 Å². The van der Waals surface area contributed by atoms with Crippen molar-refractivity contribution in [3.05, 3.63) is 58.4 Å². The summed E-state index contributed by atoms with van der Waals surface area (Å²) < 4.78 is 10.4. The minimum atomic E-state index is -0.362. The predicted molar refractivity (Wildman–Crippen MR) is 77.0 cm³/mol. The summed E-state index contributed by atoms with van der Waals surface area (Å²) in [5.41, 5.74) is 1.89. The summed E-state index contributed by atoms with van der Waals surface area (Å²) in [6.45, 7) is 1.87. The molecule has 0 N–H and O–H groups in total. The fraction of sp³-hybridized carbons (Fsp3) is 0.125. The molecule has 0 unspecified atom stereocenters. The van der Waals surface area contributed by atoms with Crippen molar-refractivity contribution in [3.63, 3.8) is 0 Å². The summed E-state index contributed by atoms with van der Waals surface area (Å²) in [5.74, 6) is 1.06. The molecule has 0 saturated carbocycles. The third kappa shape index (κ3) is 2.05. The minimum Gasteiger partial charge on any atom is -0.497 e. The van der Waals surface area contributed by atoms with Gasteiger partial charge in [-0.3, -0.25) is 0 Å². The van der Waals surface area contributed by atoms with Crippen molar-refractivity contribution < 1.29 is 9.15 Å². The van der Waals surface area contributed by atoms with Gasteiger partial charge in [-0.2, -0.15) is 0 Å². The summed E-state index contributed by atoms with van der Waals surface area (Å²) in [7, 11) is 1.60. The number of ether oxygens (including phenoxy) is 1. The van der Waals surface area contributed by atoms with Gasteiger partial charge in [-0.15, -0.1) is 0 Å². The molecular formula is C16H13NO3. The van der Waals surface area contributed by atoms with Crippen LogP contribution in [0.3, 0.4) is 0 Å². The Morgan fingerprint density at radius 1 is 1.10 bits per heavy atom. The molecule has 0 fully saturated rings. The van der Waals surface area contributed by atoms with Crippen LogP contribution in [0.25, 0.3) is 22.4 Å². The van der Waals surface area contributed by atoms with Crippen LogP contribution in [-0.2, 0) is 0 Å². The van der Waals surface area contributed by atoms with Crippen LogP contribution in [0.4, 0.5) is 0 Å². The van der Waals surface area contributed by atoms with E-state index in [9.17, 15) is 4.79 Å². The Morgan fingerprint density at radius 2 is 1.85 bits per heavy atom. The highest BCUT2D eigenvalue weighted by molar-refractivity contribution is 5.81. The van der Waals surface area contributed by atoms with Gasteiger partial charge in [0.25, 0.3) is 0 Å². The Bertz CT molecular complexity index is 819. The molecule has 3 rings (SSSR count). The van der Waals surface area contributed by atoms with E-state index in [0.717, 1.165) is 16.9 Å². The standard InChI is InChI=1S/C16H13NO3/c1-10-4-3-5-13-14(10)16(18)20-15(17-13)11-6-8-12(19-2)9-7-11/h3-9H,1-2H3. The molecule has 0 aliphatic carbocycles. The van der Waals surface area contributed by atoms with Crippen molar-refractivity contribution in [3.8, 4) is 17.2 Å². The Morgan fingerprint density at radius 3 is 2.55 bits per heavy atom. The van der Waals surface area contributed by atoms with E-state index < -0.39 is 0 Å². The van der Waals surface area contributed by atoms with E-state index >= 15 is 0 Å².